The van der Waals surface area contributed by atoms with Gasteiger partial charge in [-0.25, -0.2) is 0 Å². The maximum atomic E-state index is 2.34. The third-order valence-electron chi connectivity index (χ3n) is 2.95. The van der Waals surface area contributed by atoms with E-state index in [1.807, 2.05) is 0 Å². The Labute approximate surface area is 114 Å². The number of hydrogen-bond acceptors (Lipinski definition) is 0. The molecule has 1 aromatic heterocycles. The first kappa shape index (κ1) is 13.9. The molecule has 0 fully saturated rings. The molecule has 0 bridgehead atoms. The van der Waals surface area contributed by atoms with Crippen molar-refractivity contribution in [3.8, 4) is 0 Å². The fourth-order valence-corrected chi connectivity index (χ4v) is 2.03. The minimum Gasteiger partial charge on any atom is -1.00 e. The summed E-state index contributed by atoms with van der Waals surface area (Å²) in [6.45, 7) is 7.41. The van der Waals surface area contributed by atoms with Crippen LogP contribution in [0.2, 0.25) is 0 Å². The van der Waals surface area contributed by atoms with E-state index in [1.165, 1.54) is 22.5 Å². The molecule has 1 heterocycles. The quantitative estimate of drug-likeness (QED) is 0.684. The smallest absolute Gasteiger partial charge is 0.178 e. The largest absolute Gasteiger partial charge is 1.00 e. The van der Waals surface area contributed by atoms with Crippen LogP contribution in [0, 0.1) is 20.8 Å². The molecule has 1 aromatic carbocycles. The van der Waals surface area contributed by atoms with E-state index in [9.17, 15) is 0 Å². The lowest BCUT2D eigenvalue weighted by Crippen LogP contribution is -3.00. The van der Waals surface area contributed by atoms with Gasteiger partial charge in [0.05, 0.1) is 0 Å². The molecule has 0 radical (unpaired) electrons. The second kappa shape index (κ2) is 5.97. The summed E-state index contributed by atoms with van der Waals surface area (Å²) in [5, 5.41) is 0. The van der Waals surface area contributed by atoms with Crippen molar-refractivity contribution >= 4 is 0 Å². The summed E-state index contributed by atoms with van der Waals surface area (Å²) in [5.41, 5.74) is 5.30. The van der Waals surface area contributed by atoms with Crippen LogP contribution in [0.5, 0.6) is 0 Å². The molecule has 0 saturated carbocycles. The van der Waals surface area contributed by atoms with Gasteiger partial charge in [-0.1, -0.05) is 23.8 Å². The fraction of sp³-hybridized carbons (Fsp3) is 0.267. The van der Waals surface area contributed by atoms with E-state index in [1.54, 1.807) is 0 Å². The minimum absolute atomic E-state index is 0. The zero-order chi connectivity index (χ0) is 11.5. The van der Waals surface area contributed by atoms with Gasteiger partial charge in [-0.15, -0.1) is 0 Å². The molecule has 2 aromatic rings. The Kier molecular flexibility index (Phi) is 4.88. The highest BCUT2D eigenvalue weighted by molar-refractivity contribution is 5.21. The molecule has 90 valence electrons. The molecule has 0 amide bonds. The fourth-order valence-electron chi connectivity index (χ4n) is 2.03. The molecule has 0 aliphatic carbocycles. The van der Waals surface area contributed by atoms with Crippen molar-refractivity contribution in [1.29, 1.82) is 0 Å². The lowest BCUT2D eigenvalue weighted by Gasteiger charge is -2.04. The lowest BCUT2D eigenvalue weighted by molar-refractivity contribution is -0.700. The van der Waals surface area contributed by atoms with Gasteiger partial charge >= 0.3 is 0 Å². The number of benzene rings is 1. The average Bonchev–Trinajstić information content (AvgIpc) is 2.24. The van der Waals surface area contributed by atoms with E-state index in [4.69, 9.17) is 0 Å². The van der Waals surface area contributed by atoms with Crippen molar-refractivity contribution in [2.24, 2.45) is 0 Å². The van der Waals surface area contributed by atoms with Gasteiger partial charge in [0.15, 0.2) is 17.9 Å². The van der Waals surface area contributed by atoms with E-state index in [0.717, 1.165) is 6.54 Å². The zero-order valence-corrected chi connectivity index (χ0v) is 12.2. The van der Waals surface area contributed by atoms with Crippen LogP contribution >= 0.6 is 0 Å². The van der Waals surface area contributed by atoms with E-state index in [-0.39, 0.29) is 17.0 Å². The minimum atomic E-state index is 0. The third kappa shape index (κ3) is 3.40. The standard InChI is InChI=1S/C15H18N.BrH/c1-12-6-4-9-15(10-12)11-16-13(2)7-5-8-14(16)3;/h4-10H,11H2,1-3H3;1H/q+1;/p-1. The summed E-state index contributed by atoms with van der Waals surface area (Å²) >= 11 is 0. The summed E-state index contributed by atoms with van der Waals surface area (Å²) < 4.78 is 2.34. The van der Waals surface area contributed by atoms with E-state index < -0.39 is 0 Å². The number of hydrogen-bond donors (Lipinski definition) is 0. The first-order valence-electron chi connectivity index (χ1n) is 5.68. The molecule has 0 atom stereocenters. The predicted octanol–water partition coefficient (Wildman–Crippen LogP) is -0.0483. The van der Waals surface area contributed by atoms with Crippen molar-refractivity contribution < 1.29 is 21.5 Å². The Bertz CT molecular complexity index is 486. The van der Waals surface area contributed by atoms with Crippen LogP contribution in [-0.4, -0.2) is 0 Å². The van der Waals surface area contributed by atoms with Crippen LogP contribution in [0.3, 0.4) is 0 Å². The van der Waals surface area contributed by atoms with Gasteiger partial charge in [0, 0.05) is 31.5 Å². The highest BCUT2D eigenvalue weighted by Gasteiger charge is 2.10. The van der Waals surface area contributed by atoms with Gasteiger partial charge < -0.3 is 17.0 Å². The SMILES string of the molecule is Cc1cccc(C[n+]2c(C)cccc2C)c1.[Br-]. The summed E-state index contributed by atoms with van der Waals surface area (Å²) in [5.74, 6) is 0. The molecule has 2 rings (SSSR count). The van der Waals surface area contributed by atoms with Crippen molar-refractivity contribution in [3.05, 3.63) is 65.0 Å². The second-order valence-electron chi connectivity index (χ2n) is 4.38. The van der Waals surface area contributed by atoms with Gasteiger partial charge in [-0.05, 0) is 19.1 Å². The topological polar surface area (TPSA) is 3.88 Å². The van der Waals surface area contributed by atoms with Crippen LogP contribution in [0.25, 0.3) is 0 Å². The van der Waals surface area contributed by atoms with Gasteiger partial charge in [-0.3, -0.25) is 0 Å². The van der Waals surface area contributed by atoms with E-state index >= 15 is 0 Å². The van der Waals surface area contributed by atoms with E-state index in [2.05, 4.69) is 67.8 Å². The van der Waals surface area contributed by atoms with Crippen molar-refractivity contribution in [2.75, 3.05) is 0 Å². The Balaban J connectivity index is 0.00000144. The average molecular weight is 292 g/mol. The Morgan fingerprint density at radius 2 is 1.47 bits per heavy atom. The van der Waals surface area contributed by atoms with Crippen LogP contribution in [0.15, 0.2) is 42.5 Å². The van der Waals surface area contributed by atoms with Crippen molar-refractivity contribution in [2.45, 2.75) is 27.3 Å². The second-order valence-corrected chi connectivity index (χ2v) is 4.38. The molecule has 17 heavy (non-hydrogen) atoms. The number of pyridine rings is 1. The lowest BCUT2D eigenvalue weighted by atomic mass is 10.1. The number of nitrogens with zero attached hydrogens (tertiary/aromatic N) is 1. The first-order valence-corrected chi connectivity index (χ1v) is 5.68. The maximum Gasteiger partial charge on any atom is 0.178 e. The summed E-state index contributed by atoms with van der Waals surface area (Å²) in [7, 11) is 0. The van der Waals surface area contributed by atoms with Gasteiger partial charge in [-0.2, -0.15) is 4.57 Å². The van der Waals surface area contributed by atoms with Gasteiger partial charge in [0.2, 0.25) is 0 Å². The van der Waals surface area contributed by atoms with Crippen molar-refractivity contribution in [3.63, 3.8) is 0 Å². The number of aromatic nitrogens is 1. The van der Waals surface area contributed by atoms with Crippen LogP contribution < -0.4 is 21.5 Å². The predicted molar refractivity (Wildman–Crippen MR) is 66.4 cm³/mol. The first-order chi connectivity index (χ1) is 7.66. The molecule has 0 aliphatic rings. The molecular weight excluding hydrogens is 274 g/mol. The molecule has 0 unspecified atom stereocenters. The molecule has 1 nitrogen and oxygen atoms in total. The highest BCUT2D eigenvalue weighted by atomic mass is 79.9. The molecule has 0 N–H and O–H groups in total. The van der Waals surface area contributed by atoms with Crippen molar-refractivity contribution in [1.82, 2.24) is 0 Å². The number of rotatable bonds is 2. The molecule has 0 saturated heterocycles. The Hall–Kier alpha value is -1.15. The molecule has 0 spiro atoms. The van der Waals surface area contributed by atoms with Crippen LogP contribution in [0.4, 0.5) is 0 Å². The Morgan fingerprint density at radius 1 is 0.882 bits per heavy atom. The van der Waals surface area contributed by atoms with Gasteiger partial charge in [0.25, 0.3) is 0 Å². The van der Waals surface area contributed by atoms with Crippen LogP contribution in [-0.2, 0) is 6.54 Å². The number of halogens is 1. The maximum absolute atomic E-state index is 2.34. The Morgan fingerprint density at radius 3 is 2.06 bits per heavy atom. The van der Waals surface area contributed by atoms with Crippen LogP contribution in [0.1, 0.15) is 22.5 Å². The molecule has 0 aliphatic heterocycles. The number of aryl methyl sites for hydroxylation is 3. The monoisotopic (exact) mass is 291 g/mol. The van der Waals surface area contributed by atoms with Gasteiger partial charge in [0.1, 0.15) is 0 Å². The highest BCUT2D eigenvalue weighted by Crippen LogP contribution is 2.05. The zero-order valence-electron chi connectivity index (χ0n) is 10.6. The normalized spacial score (nSPS) is 9.82. The summed E-state index contributed by atoms with van der Waals surface area (Å²) in [6.07, 6.45) is 0. The molecular formula is C15H18BrN. The third-order valence-corrected chi connectivity index (χ3v) is 2.95. The molecule has 2 heteroatoms. The summed E-state index contributed by atoms with van der Waals surface area (Å²) in [4.78, 5) is 0. The summed E-state index contributed by atoms with van der Waals surface area (Å²) in [6, 6.07) is 15.1. The van der Waals surface area contributed by atoms with E-state index in [0.29, 0.717) is 0 Å².